The van der Waals surface area contributed by atoms with Crippen molar-refractivity contribution in [1.82, 2.24) is 19.5 Å². The van der Waals surface area contributed by atoms with Gasteiger partial charge in [-0.3, -0.25) is 0 Å². The number of aromatic nitrogens is 4. The molecule has 0 unspecified atom stereocenters. The summed E-state index contributed by atoms with van der Waals surface area (Å²) < 4.78 is 2.39. The molecule has 0 bridgehead atoms. The normalized spacial score (nSPS) is 13.2. The number of benzene rings is 6. The van der Waals surface area contributed by atoms with Crippen LogP contribution in [-0.2, 0) is 5.41 Å². The molecule has 0 fully saturated rings. The van der Waals surface area contributed by atoms with Gasteiger partial charge in [-0.1, -0.05) is 123 Å². The van der Waals surface area contributed by atoms with Crippen LogP contribution in [0.4, 0.5) is 0 Å². The first-order valence-electron chi connectivity index (χ1n) is 15.7. The molecule has 0 spiro atoms. The van der Waals surface area contributed by atoms with Crippen LogP contribution in [0, 0.1) is 0 Å². The van der Waals surface area contributed by atoms with Gasteiger partial charge in [0.2, 0.25) is 0 Å². The maximum atomic E-state index is 4.94. The van der Waals surface area contributed by atoms with Gasteiger partial charge in [0, 0.05) is 38.6 Å². The maximum Gasteiger partial charge on any atom is 0.164 e. The van der Waals surface area contributed by atoms with E-state index < -0.39 is 0 Å². The lowest BCUT2D eigenvalue weighted by atomic mass is 9.80. The molecule has 0 amide bonds. The molecule has 9 rings (SSSR count). The SMILES string of the molecule is CC1(C)c2ccccc2-c2ccc3c(c21)c1ccccc1n3-c1ccc(-c2nc(-c3ccccc3)nc(-c3ccccc3)n2)cc1. The number of rotatable bonds is 4. The summed E-state index contributed by atoms with van der Waals surface area (Å²) in [7, 11) is 0. The summed E-state index contributed by atoms with van der Waals surface area (Å²) in [5.41, 5.74) is 11.8. The molecule has 6 aromatic carbocycles. The van der Waals surface area contributed by atoms with E-state index in [0.29, 0.717) is 17.5 Å². The zero-order valence-corrected chi connectivity index (χ0v) is 25.6. The van der Waals surface area contributed by atoms with Crippen LogP contribution < -0.4 is 0 Å². The van der Waals surface area contributed by atoms with Crippen molar-refractivity contribution in [3.05, 3.63) is 157 Å². The van der Waals surface area contributed by atoms with Crippen molar-refractivity contribution in [2.45, 2.75) is 19.3 Å². The number of fused-ring (bicyclic) bond motifs is 7. The largest absolute Gasteiger partial charge is 0.309 e. The van der Waals surface area contributed by atoms with E-state index in [1.54, 1.807) is 0 Å². The Balaban J connectivity index is 1.21. The van der Waals surface area contributed by atoms with Crippen LogP contribution in [0.3, 0.4) is 0 Å². The molecule has 1 aliphatic rings. The van der Waals surface area contributed by atoms with E-state index in [2.05, 4.69) is 103 Å². The summed E-state index contributed by atoms with van der Waals surface area (Å²) in [5.74, 6) is 1.97. The Labute approximate surface area is 267 Å². The molecular formula is C42H30N4. The Bertz CT molecular complexity index is 2360. The molecule has 1 aliphatic carbocycles. The van der Waals surface area contributed by atoms with Crippen molar-refractivity contribution in [2.24, 2.45) is 0 Å². The van der Waals surface area contributed by atoms with Crippen LogP contribution in [0.25, 0.3) is 72.8 Å². The molecule has 8 aromatic rings. The van der Waals surface area contributed by atoms with Crippen LogP contribution in [0.5, 0.6) is 0 Å². The molecular weight excluding hydrogens is 560 g/mol. The molecule has 2 aromatic heterocycles. The van der Waals surface area contributed by atoms with Gasteiger partial charge in [0.05, 0.1) is 11.0 Å². The van der Waals surface area contributed by atoms with Gasteiger partial charge in [-0.2, -0.15) is 0 Å². The second kappa shape index (κ2) is 10.1. The molecule has 4 heteroatoms. The summed E-state index contributed by atoms with van der Waals surface area (Å²) in [5, 5.41) is 2.60. The van der Waals surface area contributed by atoms with Crippen LogP contribution in [0.1, 0.15) is 25.0 Å². The lowest BCUT2D eigenvalue weighted by Gasteiger charge is -2.22. The molecule has 46 heavy (non-hydrogen) atoms. The van der Waals surface area contributed by atoms with Crippen molar-refractivity contribution in [1.29, 1.82) is 0 Å². The smallest absolute Gasteiger partial charge is 0.164 e. The fourth-order valence-corrected chi connectivity index (χ4v) is 7.31. The van der Waals surface area contributed by atoms with Crippen molar-refractivity contribution >= 4 is 21.8 Å². The highest BCUT2D eigenvalue weighted by atomic mass is 15.0. The monoisotopic (exact) mass is 590 g/mol. The van der Waals surface area contributed by atoms with Gasteiger partial charge in [-0.05, 0) is 58.7 Å². The van der Waals surface area contributed by atoms with E-state index in [0.717, 1.165) is 22.4 Å². The molecule has 0 saturated heterocycles. The standard InChI is InChI=1S/C42H30N4/c1-42(2)34-19-11-9-17-31(34)32-25-26-36-37(38(32)42)33-18-10-12-20-35(33)46(36)30-23-21-29(22-24-30)41-44-39(27-13-5-3-6-14-27)43-40(45-41)28-15-7-4-8-16-28/h3-26H,1-2H3. The minimum atomic E-state index is -0.101. The predicted octanol–water partition coefficient (Wildman–Crippen LogP) is 10.3. The molecule has 0 aliphatic heterocycles. The first-order chi connectivity index (χ1) is 22.6. The van der Waals surface area contributed by atoms with Crippen LogP contribution >= 0.6 is 0 Å². The molecule has 2 heterocycles. The fraction of sp³-hybridized carbons (Fsp3) is 0.0714. The lowest BCUT2D eigenvalue weighted by Crippen LogP contribution is -2.15. The number of nitrogens with zero attached hydrogens (tertiary/aromatic N) is 4. The summed E-state index contributed by atoms with van der Waals surface area (Å²) in [6.45, 7) is 4.72. The second-order valence-corrected chi connectivity index (χ2v) is 12.5. The molecule has 218 valence electrons. The van der Waals surface area contributed by atoms with E-state index in [9.17, 15) is 0 Å². The second-order valence-electron chi connectivity index (χ2n) is 12.5. The first-order valence-corrected chi connectivity index (χ1v) is 15.7. The van der Waals surface area contributed by atoms with Crippen molar-refractivity contribution < 1.29 is 0 Å². The maximum absolute atomic E-state index is 4.94. The third kappa shape index (κ3) is 3.97. The zero-order valence-electron chi connectivity index (χ0n) is 25.6. The Morgan fingerprint density at radius 3 is 1.65 bits per heavy atom. The fourth-order valence-electron chi connectivity index (χ4n) is 7.31. The van der Waals surface area contributed by atoms with E-state index in [4.69, 9.17) is 15.0 Å². The predicted molar refractivity (Wildman–Crippen MR) is 188 cm³/mol. The zero-order chi connectivity index (χ0) is 30.8. The minimum Gasteiger partial charge on any atom is -0.309 e. The van der Waals surface area contributed by atoms with E-state index >= 15 is 0 Å². The Morgan fingerprint density at radius 1 is 0.457 bits per heavy atom. The van der Waals surface area contributed by atoms with Gasteiger partial charge in [-0.25, -0.2) is 15.0 Å². The summed E-state index contributed by atoms with van der Waals surface area (Å²) in [6.07, 6.45) is 0. The molecule has 0 atom stereocenters. The molecule has 0 saturated carbocycles. The average Bonchev–Trinajstić information content (AvgIpc) is 3.57. The molecule has 0 N–H and O–H groups in total. The first kappa shape index (κ1) is 26.5. The van der Waals surface area contributed by atoms with Gasteiger partial charge in [-0.15, -0.1) is 0 Å². The molecule has 4 nitrogen and oxygen atoms in total. The molecule has 0 radical (unpaired) electrons. The highest BCUT2D eigenvalue weighted by molar-refractivity contribution is 6.14. The highest BCUT2D eigenvalue weighted by Gasteiger charge is 2.37. The summed E-state index contributed by atoms with van der Waals surface area (Å²) in [4.78, 5) is 14.7. The average molecular weight is 591 g/mol. The van der Waals surface area contributed by atoms with Gasteiger partial charge >= 0.3 is 0 Å². The number of hydrogen-bond donors (Lipinski definition) is 0. The third-order valence-electron chi connectivity index (χ3n) is 9.44. The van der Waals surface area contributed by atoms with E-state index in [1.807, 2.05) is 60.7 Å². The van der Waals surface area contributed by atoms with Crippen LogP contribution in [-0.4, -0.2) is 19.5 Å². The number of para-hydroxylation sites is 1. The van der Waals surface area contributed by atoms with Crippen LogP contribution in [0.15, 0.2) is 146 Å². The van der Waals surface area contributed by atoms with Crippen LogP contribution in [0.2, 0.25) is 0 Å². The van der Waals surface area contributed by atoms with Gasteiger partial charge in [0.25, 0.3) is 0 Å². The van der Waals surface area contributed by atoms with Gasteiger partial charge in [0.15, 0.2) is 17.5 Å². The third-order valence-corrected chi connectivity index (χ3v) is 9.44. The van der Waals surface area contributed by atoms with Crippen molar-refractivity contribution in [3.63, 3.8) is 0 Å². The Kier molecular flexibility index (Phi) is 5.81. The van der Waals surface area contributed by atoms with Crippen molar-refractivity contribution in [2.75, 3.05) is 0 Å². The Hall–Kier alpha value is -5.87. The van der Waals surface area contributed by atoms with Crippen molar-refractivity contribution in [3.8, 4) is 51.0 Å². The minimum absolute atomic E-state index is 0.101. The topological polar surface area (TPSA) is 43.6 Å². The lowest BCUT2D eigenvalue weighted by molar-refractivity contribution is 0.666. The van der Waals surface area contributed by atoms with Gasteiger partial charge < -0.3 is 4.57 Å². The number of hydrogen-bond acceptors (Lipinski definition) is 3. The van der Waals surface area contributed by atoms with E-state index in [-0.39, 0.29) is 5.41 Å². The summed E-state index contributed by atoms with van der Waals surface area (Å²) >= 11 is 0. The highest BCUT2D eigenvalue weighted by Crippen LogP contribution is 2.53. The Morgan fingerprint density at radius 2 is 1.00 bits per heavy atom. The van der Waals surface area contributed by atoms with Gasteiger partial charge in [0.1, 0.15) is 0 Å². The summed E-state index contributed by atoms with van der Waals surface area (Å²) in [6, 6.07) is 51.1. The van der Waals surface area contributed by atoms with E-state index in [1.165, 1.54) is 44.1 Å². The quantitative estimate of drug-likeness (QED) is 0.205.